The number of piperazine rings is 1. The Morgan fingerprint density at radius 2 is 1.69 bits per heavy atom. The molecule has 2 heterocycles. The third-order valence-corrected chi connectivity index (χ3v) is 6.07. The quantitative estimate of drug-likeness (QED) is 0.746. The van der Waals surface area contributed by atoms with Gasteiger partial charge in [-0.15, -0.1) is 0 Å². The van der Waals surface area contributed by atoms with Gasteiger partial charge in [-0.1, -0.05) is 18.2 Å². The highest BCUT2D eigenvalue weighted by Crippen LogP contribution is 2.29. The molecule has 2 aromatic carbocycles. The van der Waals surface area contributed by atoms with Crippen LogP contribution < -0.4 is 9.80 Å². The van der Waals surface area contributed by atoms with E-state index in [4.69, 9.17) is 0 Å². The maximum Gasteiger partial charge on any atom is 0.244 e. The van der Waals surface area contributed by atoms with Crippen molar-refractivity contribution in [2.75, 3.05) is 42.5 Å². The Balaban J connectivity index is 1.40. The van der Waals surface area contributed by atoms with Gasteiger partial charge in [-0.05, 0) is 50.1 Å². The number of carbonyl (C=O) groups excluding carboxylic acids is 2. The molecule has 1 amide bonds. The lowest BCUT2D eigenvalue weighted by Gasteiger charge is -2.39. The van der Waals surface area contributed by atoms with Gasteiger partial charge in [0.1, 0.15) is 5.82 Å². The maximum atomic E-state index is 14.5. The fourth-order valence-electron chi connectivity index (χ4n) is 4.28. The average molecular weight is 395 g/mol. The summed E-state index contributed by atoms with van der Waals surface area (Å²) in [6, 6.07) is 12.5. The van der Waals surface area contributed by atoms with Crippen LogP contribution in [-0.4, -0.2) is 55.4 Å². The molecule has 2 aliphatic rings. The molecular weight excluding hydrogens is 369 g/mol. The molecule has 6 heteroatoms. The molecular formula is C23H26FN3O2. The van der Waals surface area contributed by atoms with Crippen molar-refractivity contribution in [2.24, 2.45) is 0 Å². The molecule has 0 radical (unpaired) electrons. The predicted octanol–water partition coefficient (Wildman–Crippen LogP) is 3.13. The summed E-state index contributed by atoms with van der Waals surface area (Å²) in [5.41, 5.74) is 3.15. The Kier molecular flexibility index (Phi) is 5.37. The standard InChI is InChI=1S/C23H26FN3O2/c1-16(23(29)27-10-9-18-5-3-4-6-21(18)27)25-11-13-26(14-12-25)22-8-7-19(17(2)28)15-20(22)24/h3-8,15-16H,9-14H2,1-2H3. The predicted molar refractivity (Wildman–Crippen MR) is 112 cm³/mol. The molecule has 2 aromatic rings. The SMILES string of the molecule is CC(=O)c1ccc(N2CCN(C(C)C(=O)N3CCc4ccccc43)CC2)c(F)c1. The minimum absolute atomic E-state index is 0.125. The minimum atomic E-state index is -0.371. The van der Waals surface area contributed by atoms with E-state index < -0.39 is 0 Å². The molecule has 0 bridgehead atoms. The van der Waals surface area contributed by atoms with Gasteiger partial charge in [0, 0.05) is 44.0 Å². The lowest BCUT2D eigenvalue weighted by molar-refractivity contribution is -0.123. The smallest absolute Gasteiger partial charge is 0.244 e. The largest absolute Gasteiger partial charge is 0.367 e. The van der Waals surface area contributed by atoms with Crippen molar-refractivity contribution < 1.29 is 14.0 Å². The summed E-state index contributed by atoms with van der Waals surface area (Å²) in [7, 11) is 0. The van der Waals surface area contributed by atoms with Gasteiger partial charge in [-0.2, -0.15) is 0 Å². The number of halogens is 1. The average Bonchev–Trinajstić information content (AvgIpc) is 3.17. The number of benzene rings is 2. The van der Waals surface area contributed by atoms with Gasteiger partial charge >= 0.3 is 0 Å². The summed E-state index contributed by atoms with van der Waals surface area (Å²) >= 11 is 0. The van der Waals surface area contributed by atoms with Crippen LogP contribution in [0, 0.1) is 5.82 Å². The van der Waals surface area contributed by atoms with E-state index in [9.17, 15) is 14.0 Å². The molecule has 5 nitrogen and oxygen atoms in total. The van der Waals surface area contributed by atoms with Crippen LogP contribution in [0.4, 0.5) is 15.8 Å². The van der Waals surface area contributed by atoms with Crippen molar-refractivity contribution in [1.82, 2.24) is 4.90 Å². The lowest BCUT2D eigenvalue weighted by Crippen LogP contribution is -2.54. The van der Waals surface area contributed by atoms with Crippen LogP contribution in [0.1, 0.15) is 29.8 Å². The van der Waals surface area contributed by atoms with E-state index in [0.29, 0.717) is 37.4 Å². The van der Waals surface area contributed by atoms with Crippen molar-refractivity contribution in [3.8, 4) is 0 Å². The molecule has 2 aliphatic heterocycles. The second-order valence-corrected chi connectivity index (χ2v) is 7.79. The number of ketones is 1. The number of nitrogens with zero attached hydrogens (tertiary/aromatic N) is 3. The second-order valence-electron chi connectivity index (χ2n) is 7.79. The second kappa shape index (κ2) is 7.95. The highest BCUT2D eigenvalue weighted by atomic mass is 19.1. The number of carbonyl (C=O) groups is 2. The summed E-state index contributed by atoms with van der Waals surface area (Å²) in [5, 5.41) is 0. The molecule has 0 N–H and O–H groups in total. The first kappa shape index (κ1) is 19.6. The van der Waals surface area contributed by atoms with Gasteiger partial charge < -0.3 is 9.80 Å². The van der Waals surface area contributed by atoms with Gasteiger partial charge in [0.15, 0.2) is 5.78 Å². The topological polar surface area (TPSA) is 43.9 Å². The van der Waals surface area contributed by atoms with E-state index in [1.165, 1.54) is 18.6 Å². The van der Waals surface area contributed by atoms with E-state index in [2.05, 4.69) is 11.0 Å². The number of fused-ring (bicyclic) bond motifs is 1. The zero-order chi connectivity index (χ0) is 20.5. The number of hydrogen-bond acceptors (Lipinski definition) is 4. The number of rotatable bonds is 4. The van der Waals surface area contributed by atoms with Crippen LogP contribution in [0.5, 0.6) is 0 Å². The van der Waals surface area contributed by atoms with Crippen LogP contribution in [0.25, 0.3) is 0 Å². The monoisotopic (exact) mass is 395 g/mol. The van der Waals surface area contributed by atoms with Crippen molar-refractivity contribution in [1.29, 1.82) is 0 Å². The summed E-state index contributed by atoms with van der Waals surface area (Å²) in [6.45, 7) is 6.80. The van der Waals surface area contributed by atoms with Gasteiger partial charge in [0.25, 0.3) is 0 Å². The van der Waals surface area contributed by atoms with Crippen LogP contribution in [0.2, 0.25) is 0 Å². The summed E-state index contributed by atoms with van der Waals surface area (Å²) in [4.78, 5) is 30.6. The van der Waals surface area contributed by atoms with Crippen LogP contribution in [-0.2, 0) is 11.2 Å². The lowest BCUT2D eigenvalue weighted by atomic mass is 10.1. The molecule has 29 heavy (non-hydrogen) atoms. The highest BCUT2D eigenvalue weighted by molar-refractivity contribution is 5.98. The number of amides is 1. The zero-order valence-electron chi connectivity index (χ0n) is 16.9. The Labute approximate surface area is 170 Å². The Morgan fingerprint density at radius 1 is 0.966 bits per heavy atom. The van der Waals surface area contributed by atoms with Gasteiger partial charge in [-0.3, -0.25) is 14.5 Å². The van der Waals surface area contributed by atoms with Crippen molar-refractivity contribution in [2.45, 2.75) is 26.3 Å². The third-order valence-electron chi connectivity index (χ3n) is 6.07. The van der Waals surface area contributed by atoms with E-state index in [1.807, 2.05) is 34.9 Å². The molecule has 0 aliphatic carbocycles. The van der Waals surface area contributed by atoms with E-state index in [0.717, 1.165) is 18.7 Å². The van der Waals surface area contributed by atoms with E-state index >= 15 is 0 Å². The maximum absolute atomic E-state index is 14.5. The summed E-state index contributed by atoms with van der Waals surface area (Å²) < 4.78 is 14.5. The molecule has 1 unspecified atom stereocenters. The van der Waals surface area contributed by atoms with Crippen LogP contribution in [0.15, 0.2) is 42.5 Å². The fourth-order valence-corrected chi connectivity index (χ4v) is 4.28. The third kappa shape index (κ3) is 3.77. The molecule has 152 valence electrons. The first-order valence-corrected chi connectivity index (χ1v) is 10.1. The Bertz CT molecular complexity index is 937. The number of hydrogen-bond donors (Lipinski definition) is 0. The first-order valence-electron chi connectivity index (χ1n) is 10.1. The Morgan fingerprint density at radius 3 is 2.38 bits per heavy atom. The molecule has 0 saturated carbocycles. The zero-order valence-corrected chi connectivity index (χ0v) is 16.9. The molecule has 4 rings (SSSR count). The molecule has 0 aromatic heterocycles. The summed E-state index contributed by atoms with van der Waals surface area (Å²) in [6.07, 6.45) is 0.901. The number of Topliss-reactive ketones (excluding diaryl/α,β-unsaturated/α-hetero) is 1. The van der Waals surface area contributed by atoms with Crippen molar-refractivity contribution >= 4 is 23.1 Å². The first-order chi connectivity index (χ1) is 14.0. The number of para-hydroxylation sites is 1. The van der Waals surface area contributed by atoms with E-state index in [1.54, 1.807) is 12.1 Å². The molecule has 1 saturated heterocycles. The van der Waals surface area contributed by atoms with Crippen LogP contribution in [0.3, 0.4) is 0 Å². The van der Waals surface area contributed by atoms with Gasteiger partial charge in [0.2, 0.25) is 5.91 Å². The normalized spacial score (nSPS) is 17.9. The molecule has 1 fully saturated rings. The van der Waals surface area contributed by atoms with E-state index in [-0.39, 0.29) is 23.5 Å². The molecule has 1 atom stereocenters. The van der Waals surface area contributed by atoms with Crippen LogP contribution >= 0.6 is 0 Å². The Hall–Kier alpha value is -2.73. The minimum Gasteiger partial charge on any atom is -0.367 e. The van der Waals surface area contributed by atoms with Crippen molar-refractivity contribution in [3.05, 3.63) is 59.4 Å². The van der Waals surface area contributed by atoms with Crippen molar-refractivity contribution in [3.63, 3.8) is 0 Å². The van der Waals surface area contributed by atoms with Gasteiger partial charge in [-0.25, -0.2) is 4.39 Å². The summed E-state index contributed by atoms with van der Waals surface area (Å²) in [5.74, 6) is -0.388. The van der Waals surface area contributed by atoms with Gasteiger partial charge in [0.05, 0.1) is 11.7 Å². The number of anilines is 2. The highest BCUT2D eigenvalue weighted by Gasteiger charge is 2.32. The molecule has 0 spiro atoms. The fraction of sp³-hybridized carbons (Fsp3) is 0.391.